The van der Waals surface area contributed by atoms with Crippen LogP contribution in [0.5, 0.6) is 0 Å². The third-order valence-corrected chi connectivity index (χ3v) is 3.66. The van der Waals surface area contributed by atoms with Crippen molar-refractivity contribution in [2.45, 2.75) is 57.3 Å². The van der Waals surface area contributed by atoms with E-state index in [-0.39, 0.29) is 18.0 Å². The molecule has 0 bridgehead atoms. The highest BCUT2D eigenvalue weighted by Gasteiger charge is 2.45. The van der Waals surface area contributed by atoms with Gasteiger partial charge in [-0.1, -0.05) is 6.07 Å². The van der Waals surface area contributed by atoms with Crippen LogP contribution in [0.2, 0.25) is 0 Å². The van der Waals surface area contributed by atoms with Crippen molar-refractivity contribution in [1.82, 2.24) is 15.6 Å². The van der Waals surface area contributed by atoms with Crippen molar-refractivity contribution in [2.75, 3.05) is 0 Å². The summed E-state index contributed by atoms with van der Waals surface area (Å²) >= 11 is 0. The summed E-state index contributed by atoms with van der Waals surface area (Å²) in [5, 5.41) is 6.84. The summed E-state index contributed by atoms with van der Waals surface area (Å²) in [6.45, 7) is 5.10. The van der Waals surface area contributed by atoms with Crippen LogP contribution in [0.4, 0.5) is 0 Å². The first-order valence-electron chi connectivity index (χ1n) is 6.97. The third-order valence-electron chi connectivity index (χ3n) is 3.66. The molecule has 104 valence electrons. The van der Waals surface area contributed by atoms with Gasteiger partial charge in [0.05, 0.1) is 11.2 Å². The molecule has 1 aliphatic carbocycles. The van der Waals surface area contributed by atoms with Gasteiger partial charge in [-0.05, 0) is 38.3 Å². The van der Waals surface area contributed by atoms with Gasteiger partial charge in [-0.25, -0.2) is 0 Å². The van der Waals surface area contributed by atoms with E-state index >= 15 is 0 Å². The number of aromatic nitrogens is 1. The summed E-state index contributed by atoms with van der Waals surface area (Å²) in [6, 6.07) is 4.75. The molecule has 3 rings (SSSR count). The second-order valence-electron chi connectivity index (χ2n) is 5.84. The molecule has 5 nitrogen and oxygen atoms in total. The van der Waals surface area contributed by atoms with E-state index in [9.17, 15) is 0 Å². The zero-order valence-electron chi connectivity index (χ0n) is 11.5. The van der Waals surface area contributed by atoms with E-state index in [1.54, 1.807) is 0 Å². The highest BCUT2D eigenvalue weighted by molar-refractivity contribution is 5.26. The van der Waals surface area contributed by atoms with Gasteiger partial charge in [-0.15, -0.1) is 0 Å². The Morgan fingerprint density at radius 3 is 2.68 bits per heavy atom. The van der Waals surface area contributed by atoms with Crippen LogP contribution in [-0.2, 0) is 16.8 Å². The van der Waals surface area contributed by atoms with Crippen LogP contribution in [0.25, 0.3) is 0 Å². The highest BCUT2D eigenvalue weighted by atomic mass is 16.6. The van der Waals surface area contributed by atoms with E-state index in [4.69, 9.17) is 10.5 Å². The zero-order chi connectivity index (χ0) is 13.5. The summed E-state index contributed by atoms with van der Waals surface area (Å²) < 4.78 is 5.11. The van der Waals surface area contributed by atoms with Crippen LogP contribution < -0.4 is 16.4 Å². The van der Waals surface area contributed by atoms with Gasteiger partial charge in [0, 0.05) is 18.8 Å². The van der Waals surface area contributed by atoms with Gasteiger partial charge >= 0.3 is 0 Å². The topological polar surface area (TPSA) is 75.5 Å². The first-order valence-corrected chi connectivity index (χ1v) is 6.97. The first-order chi connectivity index (χ1) is 9.09. The van der Waals surface area contributed by atoms with Crippen molar-refractivity contribution < 1.29 is 4.74 Å². The van der Waals surface area contributed by atoms with Gasteiger partial charge in [-0.2, -0.15) is 0 Å². The standard InChI is InChI=1S/C14H22N4O/c1-9(2)18-14(5-6-14)11-4-3-10(7-16-11)8-17-13-12(15)19-13/h3-4,7,9,12-13,17-18H,5-6,8,15H2,1-2H3. The Hall–Kier alpha value is -1.01. The monoisotopic (exact) mass is 262 g/mol. The van der Waals surface area contributed by atoms with Crippen molar-refractivity contribution in [2.24, 2.45) is 5.73 Å². The van der Waals surface area contributed by atoms with Crippen LogP contribution in [0.1, 0.15) is 37.9 Å². The molecule has 4 N–H and O–H groups in total. The van der Waals surface area contributed by atoms with E-state index in [0.29, 0.717) is 6.04 Å². The Morgan fingerprint density at radius 2 is 2.21 bits per heavy atom. The van der Waals surface area contributed by atoms with Crippen molar-refractivity contribution in [3.63, 3.8) is 0 Å². The van der Waals surface area contributed by atoms with Gasteiger partial charge in [0.1, 0.15) is 6.23 Å². The fourth-order valence-corrected chi connectivity index (χ4v) is 2.47. The molecule has 5 heteroatoms. The minimum atomic E-state index is -0.141. The van der Waals surface area contributed by atoms with Gasteiger partial charge in [0.15, 0.2) is 6.23 Å². The Bertz CT molecular complexity index is 441. The predicted octanol–water partition coefficient (Wildman–Crippen LogP) is 0.799. The predicted molar refractivity (Wildman–Crippen MR) is 73.1 cm³/mol. The van der Waals surface area contributed by atoms with Crippen molar-refractivity contribution in [1.29, 1.82) is 0 Å². The number of nitrogens with two attached hydrogens (primary N) is 1. The number of epoxide rings is 1. The number of rotatable bonds is 6. The molecule has 19 heavy (non-hydrogen) atoms. The Balaban J connectivity index is 1.59. The van der Waals surface area contributed by atoms with Crippen LogP contribution in [0, 0.1) is 0 Å². The van der Waals surface area contributed by atoms with E-state index in [1.807, 2.05) is 6.20 Å². The molecule has 0 amide bonds. The molecular weight excluding hydrogens is 240 g/mol. The number of ether oxygens (including phenoxy) is 1. The maximum Gasteiger partial charge on any atom is 0.150 e. The molecule has 1 aliphatic heterocycles. The van der Waals surface area contributed by atoms with E-state index in [1.165, 1.54) is 12.8 Å². The summed E-state index contributed by atoms with van der Waals surface area (Å²) in [5.41, 5.74) is 8.00. The lowest BCUT2D eigenvalue weighted by Crippen LogP contribution is -2.35. The zero-order valence-corrected chi connectivity index (χ0v) is 11.5. The largest absolute Gasteiger partial charge is 0.337 e. The minimum absolute atomic E-state index is 0.0112. The SMILES string of the molecule is CC(C)NC1(c2ccc(CNC3OC3N)cn2)CC1. The smallest absolute Gasteiger partial charge is 0.150 e. The molecule has 1 saturated carbocycles. The number of hydrogen-bond acceptors (Lipinski definition) is 5. The number of hydrogen-bond donors (Lipinski definition) is 3. The second-order valence-corrected chi connectivity index (χ2v) is 5.84. The fraction of sp³-hybridized carbons (Fsp3) is 0.643. The average Bonchev–Trinajstić information content (AvgIpc) is 3.27. The Kier molecular flexibility index (Phi) is 3.30. The molecule has 2 heterocycles. The van der Waals surface area contributed by atoms with Crippen LogP contribution in [0.15, 0.2) is 18.3 Å². The second kappa shape index (κ2) is 4.83. The summed E-state index contributed by atoms with van der Waals surface area (Å²) in [4.78, 5) is 4.61. The molecule has 2 aliphatic rings. The number of nitrogens with one attached hydrogen (secondary N) is 2. The maximum absolute atomic E-state index is 5.56. The Labute approximate surface area is 113 Å². The van der Waals surface area contributed by atoms with E-state index in [2.05, 4.69) is 41.6 Å². The molecule has 0 aromatic carbocycles. The lowest BCUT2D eigenvalue weighted by atomic mass is 10.1. The van der Waals surface area contributed by atoms with Crippen LogP contribution >= 0.6 is 0 Å². The maximum atomic E-state index is 5.56. The van der Waals surface area contributed by atoms with Crippen LogP contribution in [-0.4, -0.2) is 23.5 Å². The molecule has 2 atom stereocenters. The van der Waals surface area contributed by atoms with Crippen molar-refractivity contribution in [3.05, 3.63) is 29.6 Å². The number of nitrogens with zero attached hydrogens (tertiary/aromatic N) is 1. The third kappa shape index (κ3) is 2.95. The molecule has 0 spiro atoms. The Morgan fingerprint density at radius 1 is 1.47 bits per heavy atom. The lowest BCUT2D eigenvalue weighted by molar-refractivity contribution is 0.346. The molecular formula is C14H22N4O. The molecule has 1 aromatic rings. The summed E-state index contributed by atoms with van der Waals surface area (Å²) in [7, 11) is 0. The summed E-state index contributed by atoms with van der Waals surface area (Å²) in [6.07, 6.45) is 4.17. The van der Waals surface area contributed by atoms with Gasteiger partial charge < -0.3 is 15.8 Å². The van der Waals surface area contributed by atoms with Crippen molar-refractivity contribution >= 4 is 0 Å². The molecule has 1 aromatic heterocycles. The van der Waals surface area contributed by atoms with E-state index in [0.717, 1.165) is 17.8 Å². The van der Waals surface area contributed by atoms with Crippen LogP contribution in [0.3, 0.4) is 0 Å². The van der Waals surface area contributed by atoms with Crippen molar-refractivity contribution in [3.8, 4) is 0 Å². The molecule has 0 radical (unpaired) electrons. The lowest BCUT2D eigenvalue weighted by Gasteiger charge is -2.20. The first kappa shape index (κ1) is 13.0. The molecule has 2 unspecified atom stereocenters. The fourth-order valence-electron chi connectivity index (χ4n) is 2.47. The highest BCUT2D eigenvalue weighted by Crippen LogP contribution is 2.44. The average molecular weight is 262 g/mol. The van der Waals surface area contributed by atoms with E-state index < -0.39 is 0 Å². The normalized spacial score (nSPS) is 27.6. The molecule has 1 saturated heterocycles. The quantitative estimate of drug-likeness (QED) is 0.661. The number of pyridine rings is 1. The minimum Gasteiger partial charge on any atom is -0.337 e. The van der Waals surface area contributed by atoms with Gasteiger partial charge in [0.25, 0.3) is 0 Å². The van der Waals surface area contributed by atoms with Gasteiger partial charge in [-0.3, -0.25) is 10.3 Å². The molecule has 2 fully saturated rings. The van der Waals surface area contributed by atoms with Gasteiger partial charge in [0.2, 0.25) is 0 Å². The summed E-state index contributed by atoms with van der Waals surface area (Å²) in [5.74, 6) is 0.